The van der Waals surface area contributed by atoms with Gasteiger partial charge in [0.05, 0.1) is 21.6 Å². The molecule has 7 nitrogen and oxygen atoms in total. The molecule has 0 atom stereocenters. The number of hydrogen-bond donors (Lipinski definition) is 2. The van der Waals surface area contributed by atoms with E-state index >= 15 is 0 Å². The van der Waals surface area contributed by atoms with Crippen molar-refractivity contribution >= 4 is 44.0 Å². The predicted molar refractivity (Wildman–Crippen MR) is 120 cm³/mol. The molecule has 0 fully saturated rings. The van der Waals surface area contributed by atoms with Gasteiger partial charge in [-0.25, -0.2) is 17.8 Å². The summed E-state index contributed by atoms with van der Waals surface area (Å²) in [4.78, 5) is 3.98. The van der Waals surface area contributed by atoms with E-state index in [9.17, 15) is 12.8 Å². The van der Waals surface area contributed by atoms with Crippen LogP contribution < -0.4 is 10.5 Å². The summed E-state index contributed by atoms with van der Waals surface area (Å²) < 4.78 is 44.2. The average molecular weight is 460 g/mol. The van der Waals surface area contributed by atoms with Crippen molar-refractivity contribution in [2.24, 2.45) is 0 Å². The fourth-order valence-corrected chi connectivity index (χ4v) is 4.90. The second kappa shape index (κ2) is 7.82. The number of anilines is 2. The van der Waals surface area contributed by atoms with Crippen LogP contribution in [0, 0.1) is 5.82 Å². The Morgan fingerprint density at radius 3 is 2.58 bits per heavy atom. The van der Waals surface area contributed by atoms with Crippen molar-refractivity contribution in [2.45, 2.75) is 24.8 Å². The van der Waals surface area contributed by atoms with E-state index in [1.165, 1.54) is 30.3 Å². The van der Waals surface area contributed by atoms with Gasteiger partial charge >= 0.3 is 0 Å². The first-order valence-electron chi connectivity index (χ1n) is 9.39. The third-order valence-electron chi connectivity index (χ3n) is 4.75. The minimum atomic E-state index is -4.06. The molecule has 0 aliphatic rings. The summed E-state index contributed by atoms with van der Waals surface area (Å²) in [5, 5.41) is 5.25. The van der Waals surface area contributed by atoms with Crippen molar-refractivity contribution in [2.75, 3.05) is 10.5 Å². The Bertz CT molecular complexity index is 1400. The van der Waals surface area contributed by atoms with Crippen LogP contribution in [0.1, 0.15) is 19.9 Å². The van der Waals surface area contributed by atoms with Crippen LogP contribution in [0.2, 0.25) is 5.02 Å². The zero-order chi connectivity index (χ0) is 22.3. The maximum absolute atomic E-state index is 14.9. The normalized spacial score (nSPS) is 11.9. The molecule has 0 spiro atoms. The zero-order valence-electron chi connectivity index (χ0n) is 16.7. The maximum Gasteiger partial charge on any atom is 0.263 e. The van der Waals surface area contributed by atoms with Gasteiger partial charge in [0.2, 0.25) is 0 Å². The molecule has 160 valence electrons. The predicted octanol–water partition coefficient (Wildman–Crippen LogP) is 4.85. The number of hydrogen-bond acceptors (Lipinski definition) is 5. The molecule has 0 bridgehead atoms. The van der Waals surface area contributed by atoms with E-state index in [0.29, 0.717) is 16.6 Å². The van der Waals surface area contributed by atoms with Crippen molar-refractivity contribution in [1.82, 2.24) is 14.8 Å². The first-order chi connectivity index (χ1) is 14.7. The molecule has 0 unspecified atom stereocenters. The second-order valence-electron chi connectivity index (χ2n) is 7.21. The van der Waals surface area contributed by atoms with Crippen LogP contribution in [0.25, 0.3) is 22.2 Å². The number of fused-ring (bicyclic) bond motifs is 1. The van der Waals surface area contributed by atoms with E-state index < -0.39 is 15.8 Å². The number of benzene rings is 2. The highest BCUT2D eigenvalue weighted by molar-refractivity contribution is 7.92. The molecule has 3 N–H and O–H groups in total. The molecule has 4 aromatic rings. The summed E-state index contributed by atoms with van der Waals surface area (Å²) in [6, 6.07) is 11.9. The molecule has 4 rings (SSSR count). The van der Waals surface area contributed by atoms with E-state index in [1.54, 1.807) is 29.1 Å². The summed E-state index contributed by atoms with van der Waals surface area (Å²) in [5.74, 6) is -0.480. The number of rotatable bonds is 5. The minimum Gasteiger partial charge on any atom is -0.383 e. The molecule has 0 radical (unpaired) electrons. The molecule has 2 aromatic heterocycles. The summed E-state index contributed by atoms with van der Waals surface area (Å²) in [7, 11) is -4.06. The molecule has 2 heterocycles. The lowest BCUT2D eigenvalue weighted by atomic mass is 10.1. The number of nitrogens with zero attached hydrogens (tertiary/aromatic N) is 3. The van der Waals surface area contributed by atoms with Gasteiger partial charge in [-0.05, 0) is 44.2 Å². The number of sulfonamides is 1. The quantitative estimate of drug-likeness (QED) is 0.444. The highest BCUT2D eigenvalue weighted by atomic mass is 35.5. The van der Waals surface area contributed by atoms with E-state index in [-0.39, 0.29) is 27.5 Å². The first kappa shape index (κ1) is 21.1. The molecule has 0 saturated heterocycles. The van der Waals surface area contributed by atoms with Crippen LogP contribution in [-0.4, -0.2) is 23.2 Å². The number of pyridine rings is 1. The molecule has 0 aliphatic carbocycles. The van der Waals surface area contributed by atoms with Gasteiger partial charge in [-0.15, -0.1) is 0 Å². The highest BCUT2D eigenvalue weighted by Gasteiger charge is 2.21. The second-order valence-corrected chi connectivity index (χ2v) is 9.27. The average Bonchev–Trinajstić information content (AvgIpc) is 3.11. The molecular formula is C21H19ClFN5O2S. The lowest BCUT2D eigenvalue weighted by molar-refractivity contribution is 0.552. The fourth-order valence-electron chi connectivity index (χ4n) is 3.32. The Balaban J connectivity index is 1.76. The van der Waals surface area contributed by atoms with E-state index in [4.69, 9.17) is 17.3 Å². The van der Waals surface area contributed by atoms with Crippen LogP contribution in [-0.2, 0) is 10.0 Å². The summed E-state index contributed by atoms with van der Waals surface area (Å²) in [5.41, 5.74) is 7.56. The van der Waals surface area contributed by atoms with Gasteiger partial charge in [-0.1, -0.05) is 29.8 Å². The summed E-state index contributed by atoms with van der Waals surface area (Å²) >= 11 is 5.98. The van der Waals surface area contributed by atoms with Crippen LogP contribution in [0.4, 0.5) is 15.9 Å². The Morgan fingerprint density at radius 1 is 1.16 bits per heavy atom. The topological polar surface area (TPSA) is 103 Å². The Kier molecular flexibility index (Phi) is 5.32. The molecule has 10 heteroatoms. The van der Waals surface area contributed by atoms with Crippen molar-refractivity contribution in [3.05, 3.63) is 65.6 Å². The molecule has 2 aromatic carbocycles. The lowest BCUT2D eigenvalue weighted by Crippen LogP contribution is -2.14. The van der Waals surface area contributed by atoms with Gasteiger partial charge in [-0.2, -0.15) is 5.10 Å². The number of nitrogens with one attached hydrogen (secondary N) is 1. The first-order valence-corrected chi connectivity index (χ1v) is 11.2. The van der Waals surface area contributed by atoms with Crippen LogP contribution in [0.15, 0.2) is 59.6 Å². The van der Waals surface area contributed by atoms with E-state index in [0.717, 1.165) is 5.52 Å². The molecule has 31 heavy (non-hydrogen) atoms. The van der Waals surface area contributed by atoms with Crippen molar-refractivity contribution in [3.63, 3.8) is 0 Å². The molecule has 0 amide bonds. The standard InChI is InChI=1S/C21H19ClFN5O2S/c1-12(2)28-17-9-10-25-21(24)19(17)20(26-28)13-7-8-16(15(23)11-13)27-31(29,30)18-6-4-3-5-14(18)22/h3-12,27H,1-2H3,(H2,24,25). The Morgan fingerprint density at radius 2 is 1.90 bits per heavy atom. The van der Waals surface area contributed by atoms with Gasteiger partial charge in [0.1, 0.15) is 22.2 Å². The SMILES string of the molecule is CC(C)n1nc(-c2ccc(NS(=O)(=O)c3ccccc3Cl)c(F)c2)c2c(N)nccc21. The summed E-state index contributed by atoms with van der Waals surface area (Å²) in [6.45, 7) is 3.94. The van der Waals surface area contributed by atoms with E-state index in [2.05, 4.69) is 14.8 Å². The maximum atomic E-state index is 14.9. The van der Waals surface area contributed by atoms with Crippen molar-refractivity contribution < 1.29 is 12.8 Å². The van der Waals surface area contributed by atoms with Crippen molar-refractivity contribution in [3.8, 4) is 11.3 Å². The van der Waals surface area contributed by atoms with Gasteiger partial charge in [-0.3, -0.25) is 9.40 Å². The fraction of sp³-hybridized carbons (Fsp3) is 0.143. The lowest BCUT2D eigenvalue weighted by Gasteiger charge is -2.11. The zero-order valence-corrected chi connectivity index (χ0v) is 18.2. The number of halogens is 2. The van der Waals surface area contributed by atoms with Crippen molar-refractivity contribution in [1.29, 1.82) is 0 Å². The third kappa shape index (κ3) is 3.82. The Labute approximate surface area is 183 Å². The van der Waals surface area contributed by atoms with Crippen LogP contribution in [0.3, 0.4) is 0 Å². The molecule has 0 aliphatic heterocycles. The molecule has 0 saturated carbocycles. The molecular weight excluding hydrogens is 441 g/mol. The third-order valence-corrected chi connectivity index (χ3v) is 6.62. The van der Waals surface area contributed by atoms with Crippen LogP contribution >= 0.6 is 11.6 Å². The highest BCUT2D eigenvalue weighted by Crippen LogP contribution is 2.34. The summed E-state index contributed by atoms with van der Waals surface area (Å²) in [6.07, 6.45) is 1.59. The number of nitrogens with two attached hydrogens (primary N) is 1. The smallest absolute Gasteiger partial charge is 0.263 e. The monoisotopic (exact) mass is 459 g/mol. The van der Waals surface area contributed by atoms with Gasteiger partial charge in [0.25, 0.3) is 10.0 Å². The van der Waals surface area contributed by atoms with Gasteiger partial charge < -0.3 is 5.73 Å². The largest absolute Gasteiger partial charge is 0.383 e. The number of nitrogen functional groups attached to an aromatic ring is 1. The Hall–Kier alpha value is -3.17. The van der Waals surface area contributed by atoms with Gasteiger partial charge in [0, 0.05) is 17.8 Å². The number of aromatic nitrogens is 3. The van der Waals surface area contributed by atoms with Gasteiger partial charge in [0.15, 0.2) is 0 Å². The van der Waals surface area contributed by atoms with Crippen LogP contribution in [0.5, 0.6) is 0 Å². The minimum absolute atomic E-state index is 0.0423. The van der Waals surface area contributed by atoms with E-state index in [1.807, 2.05) is 13.8 Å².